The molecular weight excluding hydrogens is 319 g/mol. The first-order valence-corrected chi connectivity index (χ1v) is 6.97. The number of rotatable bonds is 0. The van der Waals surface area contributed by atoms with Crippen LogP contribution in [-0.2, 0) is 0 Å². The molecule has 2 aromatic carbocycles. The molecule has 0 aliphatic rings. The van der Waals surface area contributed by atoms with Crippen molar-refractivity contribution in [1.29, 1.82) is 0 Å². The highest BCUT2D eigenvalue weighted by atomic mass is 79.9. The summed E-state index contributed by atoms with van der Waals surface area (Å²) in [6, 6.07) is 14.7. The van der Waals surface area contributed by atoms with Crippen molar-refractivity contribution in [3.63, 3.8) is 0 Å². The summed E-state index contributed by atoms with van der Waals surface area (Å²) in [5.41, 5.74) is 2.16. The van der Waals surface area contributed by atoms with Crippen LogP contribution < -0.4 is 0 Å². The lowest BCUT2D eigenvalue weighted by molar-refractivity contribution is 0.630. The Kier molecular flexibility index (Phi) is 3.56. The summed E-state index contributed by atoms with van der Waals surface area (Å²) >= 11 is 3.40. The third-order valence-corrected chi connectivity index (χ3v) is 3.52. The molecule has 2 N–H and O–H groups in total. The normalized spacial score (nSPS) is 10.5. The minimum absolute atomic E-state index is 0.188. The molecule has 0 saturated carbocycles. The Morgan fingerprint density at radius 3 is 2.05 bits per heavy atom. The van der Waals surface area contributed by atoms with Gasteiger partial charge in [0.25, 0.3) is 0 Å². The van der Waals surface area contributed by atoms with E-state index in [1.165, 1.54) is 23.0 Å². The van der Waals surface area contributed by atoms with Crippen LogP contribution in [0.3, 0.4) is 0 Å². The Morgan fingerprint density at radius 1 is 0.750 bits per heavy atom. The summed E-state index contributed by atoms with van der Waals surface area (Å²) in [6.07, 6.45) is 3.74. The van der Waals surface area contributed by atoms with Gasteiger partial charge in [-0.05, 0) is 48.5 Å². The quantitative estimate of drug-likeness (QED) is 0.442. The van der Waals surface area contributed by atoms with Crippen LogP contribution in [0.25, 0.3) is 21.8 Å². The van der Waals surface area contributed by atoms with E-state index >= 15 is 0 Å². The van der Waals surface area contributed by atoms with Gasteiger partial charge < -0.3 is 9.97 Å². The van der Waals surface area contributed by atoms with Crippen LogP contribution in [0.4, 0.5) is 4.39 Å². The van der Waals surface area contributed by atoms with E-state index in [4.69, 9.17) is 0 Å². The average Bonchev–Trinajstić information content (AvgIpc) is 3.06. The van der Waals surface area contributed by atoms with Gasteiger partial charge in [0, 0.05) is 38.7 Å². The second kappa shape index (κ2) is 5.51. The number of hydrogen-bond acceptors (Lipinski definition) is 0. The Labute approximate surface area is 123 Å². The maximum absolute atomic E-state index is 12.5. The van der Waals surface area contributed by atoms with Crippen LogP contribution in [0, 0.1) is 5.82 Å². The number of hydrogen-bond donors (Lipinski definition) is 2. The Morgan fingerprint density at radius 2 is 1.35 bits per heavy atom. The van der Waals surface area contributed by atoms with E-state index < -0.39 is 0 Å². The summed E-state index contributed by atoms with van der Waals surface area (Å²) in [4.78, 5) is 6.11. The molecule has 2 heterocycles. The molecular formula is C16H12BrFN2. The van der Waals surface area contributed by atoms with Crippen molar-refractivity contribution in [1.82, 2.24) is 9.97 Å². The van der Waals surface area contributed by atoms with E-state index in [2.05, 4.69) is 44.1 Å². The number of halogens is 2. The molecule has 4 rings (SSSR count). The monoisotopic (exact) mass is 330 g/mol. The fraction of sp³-hybridized carbons (Fsp3) is 0. The van der Waals surface area contributed by atoms with Crippen LogP contribution in [0.1, 0.15) is 0 Å². The first-order chi connectivity index (χ1) is 9.72. The fourth-order valence-electron chi connectivity index (χ4n) is 2.05. The SMILES string of the molecule is Brc1ccc2[nH]ccc2c1.Fc1ccc2[nH]ccc2c1. The third kappa shape index (κ3) is 2.75. The standard InChI is InChI=1S/C8H6BrN.C8H6FN/c2*9-7-1-2-8-6(5-7)3-4-10-8/h2*1-5,10H. The van der Waals surface area contributed by atoms with Crippen molar-refractivity contribution in [2.24, 2.45) is 0 Å². The number of H-pyrrole nitrogens is 2. The molecule has 0 spiro atoms. The molecule has 0 fully saturated rings. The molecule has 0 aliphatic carbocycles. The molecule has 100 valence electrons. The summed E-state index contributed by atoms with van der Waals surface area (Å²) in [5, 5.41) is 2.16. The summed E-state index contributed by atoms with van der Waals surface area (Å²) in [5.74, 6) is -0.188. The first-order valence-electron chi connectivity index (χ1n) is 6.18. The van der Waals surface area contributed by atoms with Gasteiger partial charge >= 0.3 is 0 Å². The molecule has 0 unspecified atom stereocenters. The van der Waals surface area contributed by atoms with Gasteiger partial charge in [-0.3, -0.25) is 0 Å². The Bertz CT molecular complexity index is 776. The zero-order chi connectivity index (χ0) is 13.9. The highest BCUT2D eigenvalue weighted by Gasteiger charge is 1.93. The van der Waals surface area contributed by atoms with Gasteiger partial charge in [0.1, 0.15) is 5.82 Å². The van der Waals surface area contributed by atoms with Gasteiger partial charge in [-0.1, -0.05) is 15.9 Å². The van der Waals surface area contributed by atoms with E-state index in [0.29, 0.717) is 0 Å². The zero-order valence-corrected chi connectivity index (χ0v) is 12.1. The highest BCUT2D eigenvalue weighted by Crippen LogP contribution is 2.17. The van der Waals surface area contributed by atoms with Crippen LogP contribution in [0.15, 0.2) is 65.4 Å². The Balaban J connectivity index is 0.000000121. The third-order valence-electron chi connectivity index (χ3n) is 3.03. The minimum atomic E-state index is -0.188. The van der Waals surface area contributed by atoms with E-state index in [9.17, 15) is 4.39 Å². The van der Waals surface area contributed by atoms with Crippen LogP contribution in [0.5, 0.6) is 0 Å². The number of nitrogens with one attached hydrogen (secondary N) is 2. The Hall–Kier alpha value is -2.07. The van der Waals surface area contributed by atoms with Gasteiger partial charge in [0.05, 0.1) is 0 Å². The maximum atomic E-state index is 12.5. The molecule has 2 aromatic heterocycles. The second-order valence-corrected chi connectivity index (χ2v) is 5.33. The number of aromatic amines is 2. The average molecular weight is 331 g/mol. The number of aromatic nitrogens is 2. The molecule has 4 heteroatoms. The lowest BCUT2D eigenvalue weighted by Crippen LogP contribution is -1.70. The molecule has 20 heavy (non-hydrogen) atoms. The molecule has 0 bridgehead atoms. The van der Waals surface area contributed by atoms with E-state index in [1.54, 1.807) is 12.3 Å². The van der Waals surface area contributed by atoms with Crippen LogP contribution in [-0.4, -0.2) is 9.97 Å². The summed E-state index contributed by atoms with van der Waals surface area (Å²) < 4.78 is 13.6. The van der Waals surface area contributed by atoms with Crippen LogP contribution in [0.2, 0.25) is 0 Å². The topological polar surface area (TPSA) is 31.6 Å². The van der Waals surface area contributed by atoms with Crippen molar-refractivity contribution in [2.45, 2.75) is 0 Å². The second-order valence-electron chi connectivity index (χ2n) is 4.42. The fourth-order valence-corrected chi connectivity index (χ4v) is 2.43. The molecule has 2 nitrogen and oxygen atoms in total. The first kappa shape index (κ1) is 12.9. The lowest BCUT2D eigenvalue weighted by Gasteiger charge is -1.88. The van der Waals surface area contributed by atoms with Gasteiger partial charge in [-0.2, -0.15) is 0 Å². The number of benzene rings is 2. The van der Waals surface area contributed by atoms with E-state index in [0.717, 1.165) is 15.4 Å². The predicted molar refractivity (Wildman–Crippen MR) is 84.3 cm³/mol. The molecule has 0 atom stereocenters. The summed E-state index contributed by atoms with van der Waals surface area (Å²) in [7, 11) is 0. The smallest absolute Gasteiger partial charge is 0.123 e. The largest absolute Gasteiger partial charge is 0.361 e. The van der Waals surface area contributed by atoms with Gasteiger partial charge in [-0.15, -0.1) is 0 Å². The zero-order valence-electron chi connectivity index (χ0n) is 10.5. The van der Waals surface area contributed by atoms with Crippen molar-refractivity contribution < 1.29 is 4.39 Å². The van der Waals surface area contributed by atoms with Crippen LogP contribution >= 0.6 is 15.9 Å². The van der Waals surface area contributed by atoms with Crippen molar-refractivity contribution in [3.8, 4) is 0 Å². The molecule has 4 aromatic rings. The maximum Gasteiger partial charge on any atom is 0.123 e. The summed E-state index contributed by atoms with van der Waals surface area (Å²) in [6.45, 7) is 0. The molecule has 0 radical (unpaired) electrons. The molecule has 0 saturated heterocycles. The van der Waals surface area contributed by atoms with Gasteiger partial charge in [-0.25, -0.2) is 4.39 Å². The molecule has 0 aliphatic heterocycles. The molecule has 0 amide bonds. The van der Waals surface area contributed by atoms with E-state index in [-0.39, 0.29) is 5.82 Å². The van der Waals surface area contributed by atoms with Crippen molar-refractivity contribution in [2.75, 3.05) is 0 Å². The lowest BCUT2D eigenvalue weighted by atomic mass is 10.2. The van der Waals surface area contributed by atoms with Crippen molar-refractivity contribution >= 4 is 37.7 Å². The number of fused-ring (bicyclic) bond motifs is 2. The van der Waals surface area contributed by atoms with Crippen molar-refractivity contribution in [3.05, 3.63) is 71.2 Å². The predicted octanol–water partition coefficient (Wildman–Crippen LogP) is 5.24. The highest BCUT2D eigenvalue weighted by molar-refractivity contribution is 9.10. The van der Waals surface area contributed by atoms with Gasteiger partial charge in [0.15, 0.2) is 0 Å². The van der Waals surface area contributed by atoms with Gasteiger partial charge in [0.2, 0.25) is 0 Å². The minimum Gasteiger partial charge on any atom is -0.361 e. The van der Waals surface area contributed by atoms with E-state index in [1.807, 2.05) is 18.3 Å².